The van der Waals surface area contributed by atoms with E-state index in [-0.39, 0.29) is 31.8 Å². The number of amides is 1. The van der Waals surface area contributed by atoms with Gasteiger partial charge in [0.25, 0.3) is 5.91 Å². The van der Waals surface area contributed by atoms with Crippen molar-refractivity contribution in [2.45, 2.75) is 25.9 Å². The Morgan fingerprint density at radius 2 is 1.96 bits per heavy atom. The molecule has 2 heterocycles. The molecule has 2 aromatic rings. The molecule has 1 aliphatic rings. The average molecular weight is 354 g/mol. The summed E-state index contributed by atoms with van der Waals surface area (Å²) in [6.45, 7) is 2.05. The van der Waals surface area contributed by atoms with Crippen LogP contribution in [0.3, 0.4) is 0 Å². The first-order valence-corrected chi connectivity index (χ1v) is 8.60. The molecule has 1 amide bonds. The predicted molar refractivity (Wildman–Crippen MR) is 95.7 cm³/mol. The number of piperidine rings is 1. The third-order valence-electron chi connectivity index (χ3n) is 5.15. The molecule has 0 unspecified atom stereocenters. The fourth-order valence-corrected chi connectivity index (χ4v) is 3.51. The van der Waals surface area contributed by atoms with E-state index >= 15 is 0 Å². The van der Waals surface area contributed by atoms with Crippen LogP contribution in [0.2, 0.25) is 0 Å². The highest BCUT2D eigenvalue weighted by atomic mass is 16.4. The topological polar surface area (TPSA) is 90.7 Å². The molecule has 0 aliphatic carbocycles. The van der Waals surface area contributed by atoms with E-state index in [1.165, 1.54) is 4.90 Å². The largest absolute Gasteiger partial charge is 0.481 e. The Morgan fingerprint density at radius 1 is 1.23 bits per heavy atom. The molecule has 6 nitrogen and oxygen atoms in total. The second-order valence-electron chi connectivity index (χ2n) is 6.81. The van der Waals surface area contributed by atoms with Crippen molar-refractivity contribution in [2.75, 3.05) is 13.1 Å². The fourth-order valence-electron chi connectivity index (χ4n) is 3.51. The number of β-amino-alcohol motifs (C(OH)–C–C–N with tert-alkyl or cyclic N) is 1. The van der Waals surface area contributed by atoms with Gasteiger partial charge >= 0.3 is 5.97 Å². The van der Waals surface area contributed by atoms with E-state index in [9.17, 15) is 19.8 Å². The van der Waals surface area contributed by atoms with Crippen LogP contribution >= 0.6 is 0 Å². The molecule has 1 aromatic carbocycles. The first-order chi connectivity index (χ1) is 12.4. The lowest BCUT2D eigenvalue weighted by Crippen LogP contribution is -2.57. The smallest absolute Gasteiger partial charge is 0.312 e. The molecule has 0 saturated carbocycles. The lowest BCUT2D eigenvalue weighted by molar-refractivity contribution is -0.161. The Morgan fingerprint density at radius 3 is 2.58 bits per heavy atom. The molecule has 1 saturated heterocycles. The molecular formula is C20H22N2O4. The standard InChI is InChI=1S/C20H22N2O4/c1-14-6-5-10-21-17(14)18(24)22-11-9-20(19(25)26,16(23)13-22)12-15-7-3-2-4-8-15/h2-8,10,16,23H,9,11-13H2,1H3,(H,25,26)/t16-,20+/m0/s1. The molecule has 2 N–H and O–H groups in total. The fraction of sp³-hybridized carbons (Fsp3) is 0.350. The number of aliphatic carboxylic acids is 1. The van der Waals surface area contributed by atoms with Crippen LogP contribution < -0.4 is 0 Å². The lowest BCUT2D eigenvalue weighted by Gasteiger charge is -2.42. The van der Waals surface area contributed by atoms with Crippen molar-refractivity contribution in [1.29, 1.82) is 0 Å². The first kappa shape index (κ1) is 18.1. The summed E-state index contributed by atoms with van der Waals surface area (Å²) >= 11 is 0. The van der Waals surface area contributed by atoms with Gasteiger partial charge in [-0.1, -0.05) is 36.4 Å². The molecule has 1 aromatic heterocycles. The van der Waals surface area contributed by atoms with Gasteiger partial charge in [-0.05, 0) is 37.0 Å². The number of aryl methyl sites for hydroxylation is 1. The molecule has 0 bridgehead atoms. The maximum atomic E-state index is 12.7. The number of carbonyl (C=O) groups excluding carboxylic acids is 1. The van der Waals surface area contributed by atoms with Gasteiger partial charge in [0.05, 0.1) is 6.10 Å². The van der Waals surface area contributed by atoms with Gasteiger partial charge in [0, 0.05) is 19.3 Å². The van der Waals surface area contributed by atoms with Gasteiger partial charge in [0.15, 0.2) is 0 Å². The number of hydrogen-bond acceptors (Lipinski definition) is 4. The van der Waals surface area contributed by atoms with Gasteiger partial charge in [-0.2, -0.15) is 0 Å². The summed E-state index contributed by atoms with van der Waals surface area (Å²) in [6, 6.07) is 12.8. The zero-order valence-electron chi connectivity index (χ0n) is 14.6. The normalized spacial score (nSPS) is 22.8. The zero-order valence-corrected chi connectivity index (χ0v) is 14.6. The van der Waals surface area contributed by atoms with Crippen molar-refractivity contribution < 1.29 is 19.8 Å². The monoisotopic (exact) mass is 354 g/mol. The summed E-state index contributed by atoms with van der Waals surface area (Å²) in [5.74, 6) is -1.31. The van der Waals surface area contributed by atoms with Crippen molar-refractivity contribution in [1.82, 2.24) is 9.88 Å². The highest BCUT2D eigenvalue weighted by Gasteiger charge is 2.49. The summed E-state index contributed by atoms with van der Waals surface area (Å²) in [6.07, 6.45) is 0.824. The van der Waals surface area contributed by atoms with Crippen molar-refractivity contribution >= 4 is 11.9 Å². The zero-order chi connectivity index (χ0) is 18.7. The average Bonchev–Trinajstić information content (AvgIpc) is 2.64. The third kappa shape index (κ3) is 3.32. The molecule has 2 atom stereocenters. The number of nitrogens with zero attached hydrogens (tertiary/aromatic N) is 2. The van der Waals surface area contributed by atoms with Crippen LogP contribution in [0.4, 0.5) is 0 Å². The Hall–Kier alpha value is -2.73. The van der Waals surface area contributed by atoms with Crippen molar-refractivity contribution in [2.24, 2.45) is 5.41 Å². The third-order valence-corrected chi connectivity index (χ3v) is 5.15. The van der Waals surface area contributed by atoms with Crippen molar-refractivity contribution in [3.8, 4) is 0 Å². The maximum Gasteiger partial charge on any atom is 0.312 e. The quantitative estimate of drug-likeness (QED) is 0.875. The molecule has 6 heteroatoms. The van der Waals surface area contributed by atoms with Gasteiger partial charge in [-0.3, -0.25) is 14.6 Å². The first-order valence-electron chi connectivity index (χ1n) is 8.60. The Labute approximate surface area is 152 Å². The highest BCUT2D eigenvalue weighted by molar-refractivity contribution is 5.94. The molecule has 1 aliphatic heterocycles. The summed E-state index contributed by atoms with van der Waals surface area (Å²) in [7, 11) is 0. The molecular weight excluding hydrogens is 332 g/mol. The van der Waals surface area contributed by atoms with E-state index in [1.54, 1.807) is 25.3 Å². The van der Waals surface area contributed by atoms with Gasteiger partial charge in [-0.25, -0.2) is 0 Å². The van der Waals surface area contributed by atoms with Crippen LogP contribution in [0.15, 0.2) is 48.7 Å². The van der Waals surface area contributed by atoms with E-state index in [2.05, 4.69) is 4.98 Å². The molecule has 136 valence electrons. The van der Waals surface area contributed by atoms with E-state index in [4.69, 9.17) is 0 Å². The Bertz CT molecular complexity index is 808. The number of likely N-dealkylation sites (tertiary alicyclic amines) is 1. The number of rotatable bonds is 4. The summed E-state index contributed by atoms with van der Waals surface area (Å²) in [5, 5.41) is 20.5. The van der Waals surface area contributed by atoms with Crippen LogP contribution in [0.1, 0.15) is 28.0 Å². The number of hydrogen-bond donors (Lipinski definition) is 2. The summed E-state index contributed by atoms with van der Waals surface area (Å²) in [4.78, 5) is 30.3. The van der Waals surface area contributed by atoms with Crippen LogP contribution in [-0.4, -0.2) is 51.2 Å². The van der Waals surface area contributed by atoms with E-state index < -0.39 is 17.5 Å². The second kappa shape index (κ2) is 7.25. The predicted octanol–water partition coefficient (Wildman–Crippen LogP) is 1.91. The van der Waals surface area contributed by atoms with Crippen LogP contribution in [0, 0.1) is 12.3 Å². The SMILES string of the molecule is Cc1cccnc1C(=O)N1CC[C@](Cc2ccccc2)(C(=O)O)[C@@H](O)C1. The van der Waals surface area contributed by atoms with Gasteiger partial charge in [0.2, 0.25) is 0 Å². The van der Waals surface area contributed by atoms with E-state index in [0.717, 1.165) is 11.1 Å². The Balaban J connectivity index is 1.80. The number of carboxylic acids is 1. The number of carboxylic acid groups (broad SMARTS) is 1. The molecule has 0 radical (unpaired) electrons. The second-order valence-corrected chi connectivity index (χ2v) is 6.81. The number of aromatic nitrogens is 1. The number of carbonyl (C=O) groups is 2. The van der Waals surface area contributed by atoms with E-state index in [0.29, 0.717) is 5.69 Å². The molecule has 3 rings (SSSR count). The van der Waals surface area contributed by atoms with Gasteiger partial charge in [0.1, 0.15) is 11.1 Å². The summed E-state index contributed by atoms with van der Waals surface area (Å²) < 4.78 is 0. The maximum absolute atomic E-state index is 12.7. The van der Waals surface area contributed by atoms with Crippen LogP contribution in [0.5, 0.6) is 0 Å². The molecule has 0 spiro atoms. The molecule has 1 fully saturated rings. The molecule has 26 heavy (non-hydrogen) atoms. The van der Waals surface area contributed by atoms with Gasteiger partial charge in [-0.15, -0.1) is 0 Å². The van der Waals surface area contributed by atoms with Crippen molar-refractivity contribution in [3.63, 3.8) is 0 Å². The number of benzene rings is 1. The van der Waals surface area contributed by atoms with Crippen LogP contribution in [0.25, 0.3) is 0 Å². The number of aliphatic hydroxyl groups is 1. The van der Waals surface area contributed by atoms with Gasteiger partial charge < -0.3 is 15.1 Å². The minimum absolute atomic E-state index is 0.0199. The van der Waals surface area contributed by atoms with Crippen molar-refractivity contribution in [3.05, 3.63) is 65.5 Å². The highest BCUT2D eigenvalue weighted by Crippen LogP contribution is 2.36. The minimum atomic E-state index is -1.29. The summed E-state index contributed by atoms with van der Waals surface area (Å²) in [5.41, 5.74) is 0.656. The van der Waals surface area contributed by atoms with Crippen LogP contribution in [-0.2, 0) is 11.2 Å². The minimum Gasteiger partial charge on any atom is -0.481 e. The number of aliphatic hydroxyl groups excluding tert-OH is 1. The number of pyridine rings is 1. The lowest BCUT2D eigenvalue weighted by atomic mass is 9.71. The van der Waals surface area contributed by atoms with E-state index in [1.807, 2.05) is 30.3 Å². The Kier molecular flexibility index (Phi) is 5.04.